The lowest BCUT2D eigenvalue weighted by atomic mass is 10.0. The third-order valence-electron chi connectivity index (χ3n) is 3.78. The summed E-state index contributed by atoms with van der Waals surface area (Å²) < 4.78 is 2.25. The van der Waals surface area contributed by atoms with Crippen molar-refractivity contribution in [1.82, 2.24) is 9.47 Å². The van der Waals surface area contributed by atoms with Crippen molar-refractivity contribution in [1.29, 1.82) is 0 Å². The van der Waals surface area contributed by atoms with Crippen molar-refractivity contribution in [2.24, 2.45) is 0 Å². The van der Waals surface area contributed by atoms with Crippen molar-refractivity contribution < 1.29 is 10.3 Å². The summed E-state index contributed by atoms with van der Waals surface area (Å²) in [5.74, 6) is 0.179. The van der Waals surface area contributed by atoms with Gasteiger partial charge in [0.25, 0.3) is 5.91 Å². The molecule has 2 N–H and O–H groups in total. The Bertz CT molecular complexity index is 618. The summed E-state index contributed by atoms with van der Waals surface area (Å²) in [5.41, 5.74) is 3.25. The highest BCUT2D eigenvalue weighted by Crippen LogP contribution is 2.40. The molecular formula is C14H14N2O2. The molecule has 2 aliphatic heterocycles. The smallest absolute Gasteiger partial charge is 0.255 e. The molecule has 4 nitrogen and oxygen atoms in total. The number of hydrogen-bond donors (Lipinski definition) is 0. The molecule has 3 heterocycles. The summed E-state index contributed by atoms with van der Waals surface area (Å²) in [6.45, 7) is 1.71. The highest BCUT2D eigenvalue weighted by Gasteiger charge is 2.40. The predicted octanol–water partition coefficient (Wildman–Crippen LogP) is 1.22. The summed E-state index contributed by atoms with van der Waals surface area (Å²) in [4.78, 5) is 14.3. The lowest BCUT2D eigenvalue weighted by Gasteiger charge is -2.31. The van der Waals surface area contributed by atoms with Gasteiger partial charge < -0.3 is 14.9 Å². The molecule has 4 rings (SSSR count). The van der Waals surface area contributed by atoms with Gasteiger partial charge in [0.2, 0.25) is 0 Å². The number of carbonyl (C=O) groups excluding carboxylic acids is 1. The van der Waals surface area contributed by atoms with E-state index in [4.69, 9.17) is 0 Å². The molecule has 2 aliphatic rings. The van der Waals surface area contributed by atoms with Crippen molar-refractivity contribution in [3.05, 3.63) is 59.4 Å². The summed E-state index contributed by atoms with van der Waals surface area (Å²) in [7, 11) is 0. The Kier molecular flexibility index (Phi) is 2.28. The first-order chi connectivity index (χ1) is 8.36. The van der Waals surface area contributed by atoms with Gasteiger partial charge in [-0.3, -0.25) is 4.79 Å². The Morgan fingerprint density at radius 2 is 1.89 bits per heavy atom. The zero-order valence-corrected chi connectivity index (χ0v) is 9.84. The molecule has 4 heteroatoms. The van der Waals surface area contributed by atoms with Crippen LogP contribution in [0.25, 0.3) is 0 Å². The minimum atomic E-state index is 0. The first-order valence-corrected chi connectivity index (χ1v) is 5.91. The minimum absolute atomic E-state index is 0. The van der Waals surface area contributed by atoms with Gasteiger partial charge in [0.05, 0.1) is 6.04 Å². The normalized spacial score (nSPS) is 19.9. The van der Waals surface area contributed by atoms with E-state index < -0.39 is 0 Å². The van der Waals surface area contributed by atoms with Crippen LogP contribution in [0.5, 0.6) is 0 Å². The van der Waals surface area contributed by atoms with Crippen molar-refractivity contribution in [3.8, 4) is 0 Å². The highest BCUT2D eigenvalue weighted by atomic mass is 16.2. The van der Waals surface area contributed by atoms with Crippen LogP contribution in [0.15, 0.2) is 42.6 Å². The van der Waals surface area contributed by atoms with E-state index in [0.717, 1.165) is 24.2 Å². The molecule has 2 aromatic rings. The second kappa shape index (κ2) is 3.71. The fourth-order valence-electron chi connectivity index (χ4n) is 3.01. The SMILES string of the molecule is O.O=C1c2ccccc2C2c3cccn3CCN12. The van der Waals surface area contributed by atoms with Crippen LogP contribution in [0.4, 0.5) is 0 Å². The van der Waals surface area contributed by atoms with Crippen LogP contribution in [0.2, 0.25) is 0 Å². The molecule has 1 aromatic carbocycles. The molecule has 0 bridgehead atoms. The van der Waals surface area contributed by atoms with Crippen LogP contribution in [-0.4, -0.2) is 27.4 Å². The minimum Gasteiger partial charge on any atom is -0.412 e. The third kappa shape index (κ3) is 1.21. The number of hydrogen-bond acceptors (Lipinski definition) is 1. The predicted molar refractivity (Wildman–Crippen MR) is 67.4 cm³/mol. The molecule has 1 unspecified atom stereocenters. The van der Waals surface area contributed by atoms with E-state index in [1.807, 2.05) is 23.1 Å². The van der Waals surface area contributed by atoms with E-state index in [0.29, 0.717) is 0 Å². The molecule has 1 atom stereocenters. The number of nitrogens with zero attached hydrogens (tertiary/aromatic N) is 2. The highest BCUT2D eigenvalue weighted by molar-refractivity contribution is 5.99. The molecule has 0 radical (unpaired) electrons. The van der Waals surface area contributed by atoms with E-state index in [-0.39, 0.29) is 17.4 Å². The van der Waals surface area contributed by atoms with Gasteiger partial charge >= 0.3 is 0 Å². The van der Waals surface area contributed by atoms with Gasteiger partial charge in [0.15, 0.2) is 0 Å². The summed E-state index contributed by atoms with van der Waals surface area (Å²) in [6.07, 6.45) is 2.10. The lowest BCUT2D eigenvalue weighted by Crippen LogP contribution is -2.37. The van der Waals surface area contributed by atoms with Crippen molar-refractivity contribution in [2.45, 2.75) is 12.6 Å². The maximum absolute atomic E-state index is 12.3. The first-order valence-electron chi connectivity index (χ1n) is 5.91. The second-order valence-electron chi connectivity index (χ2n) is 4.61. The second-order valence-corrected chi connectivity index (χ2v) is 4.61. The van der Waals surface area contributed by atoms with Crippen LogP contribution in [0.3, 0.4) is 0 Å². The molecule has 18 heavy (non-hydrogen) atoms. The van der Waals surface area contributed by atoms with Crippen molar-refractivity contribution in [3.63, 3.8) is 0 Å². The van der Waals surface area contributed by atoms with Gasteiger partial charge in [0, 0.05) is 30.5 Å². The van der Waals surface area contributed by atoms with Crippen LogP contribution in [0, 0.1) is 0 Å². The van der Waals surface area contributed by atoms with Crippen molar-refractivity contribution in [2.75, 3.05) is 6.54 Å². The Hall–Kier alpha value is -2.07. The first kappa shape index (κ1) is 11.0. The summed E-state index contributed by atoms with van der Waals surface area (Å²) in [6, 6.07) is 12.3. The molecule has 0 fully saturated rings. The van der Waals surface area contributed by atoms with Crippen molar-refractivity contribution >= 4 is 5.91 Å². The van der Waals surface area contributed by atoms with Gasteiger partial charge in [0.1, 0.15) is 0 Å². The van der Waals surface area contributed by atoms with Crippen LogP contribution < -0.4 is 0 Å². The van der Waals surface area contributed by atoms with Gasteiger partial charge in [-0.1, -0.05) is 18.2 Å². The maximum atomic E-state index is 12.3. The van der Waals surface area contributed by atoms with Crippen LogP contribution in [0.1, 0.15) is 27.7 Å². The number of aromatic nitrogens is 1. The van der Waals surface area contributed by atoms with E-state index in [2.05, 4.69) is 29.0 Å². The summed E-state index contributed by atoms with van der Waals surface area (Å²) >= 11 is 0. The molecule has 0 saturated heterocycles. The van der Waals surface area contributed by atoms with E-state index in [1.54, 1.807) is 0 Å². The Labute approximate surface area is 105 Å². The van der Waals surface area contributed by atoms with Gasteiger partial charge in [-0.15, -0.1) is 0 Å². The molecule has 0 aliphatic carbocycles. The standard InChI is InChI=1S/C14H12N2O.H2O/c17-14-11-5-2-1-4-10(11)13-12-6-3-7-15(12)8-9-16(13)14;/h1-7,13H,8-9H2;1H2. The molecule has 1 aromatic heterocycles. The van der Waals surface area contributed by atoms with Crippen LogP contribution in [-0.2, 0) is 6.54 Å². The molecule has 0 spiro atoms. The average Bonchev–Trinajstić information content (AvgIpc) is 2.93. The quantitative estimate of drug-likeness (QED) is 0.685. The maximum Gasteiger partial charge on any atom is 0.255 e. The van der Waals surface area contributed by atoms with E-state index >= 15 is 0 Å². The number of fused-ring (bicyclic) bond motifs is 5. The Morgan fingerprint density at radius 3 is 2.78 bits per heavy atom. The zero-order chi connectivity index (χ0) is 11.4. The van der Waals surface area contributed by atoms with E-state index in [9.17, 15) is 4.79 Å². The van der Waals surface area contributed by atoms with E-state index in [1.165, 1.54) is 5.69 Å². The Morgan fingerprint density at radius 1 is 1.06 bits per heavy atom. The number of rotatable bonds is 0. The number of carbonyl (C=O) groups is 1. The summed E-state index contributed by atoms with van der Waals surface area (Å²) in [5, 5.41) is 0. The average molecular weight is 242 g/mol. The molecule has 1 amide bonds. The lowest BCUT2D eigenvalue weighted by molar-refractivity contribution is 0.0714. The largest absolute Gasteiger partial charge is 0.412 e. The van der Waals surface area contributed by atoms with Crippen LogP contribution >= 0.6 is 0 Å². The fraction of sp³-hybridized carbons (Fsp3) is 0.214. The molecular weight excluding hydrogens is 228 g/mol. The topological polar surface area (TPSA) is 56.7 Å². The molecule has 92 valence electrons. The fourth-order valence-corrected chi connectivity index (χ4v) is 3.01. The monoisotopic (exact) mass is 242 g/mol. The number of amides is 1. The molecule has 0 saturated carbocycles. The number of benzene rings is 1. The van der Waals surface area contributed by atoms with Gasteiger partial charge in [-0.05, 0) is 23.8 Å². The van der Waals surface area contributed by atoms with Gasteiger partial charge in [-0.25, -0.2) is 0 Å². The zero-order valence-electron chi connectivity index (χ0n) is 9.84. The van der Waals surface area contributed by atoms with Gasteiger partial charge in [-0.2, -0.15) is 0 Å². The Balaban J connectivity index is 0.000001000. The third-order valence-corrected chi connectivity index (χ3v) is 3.78.